The van der Waals surface area contributed by atoms with Gasteiger partial charge in [-0.15, -0.1) is 35.0 Å². The molecule has 8 amide bonds. The SMILES string of the molecule is CC[C@@H](C(=O)N[C@@H]1C(=O)N2[C@@H](CC[C@@H]1CN)CC[C@H]2C(=O)N[C@@H](c1ccccc1)c1cn(CCCCc2ccc(CCCCn3cc([C@@H](NC(=O)[C@@H]4CC[C@@H]5CC[C@H](CN)[C@H](NC(=O)[C@H](CC)N(C)C(=O)OC(C)(C)C)C(=O)N54)c4ccccc4)nn3)cc2)nn1)N(C)C(=O)OC(C)(C)C.Cl.Cl. The summed E-state index contributed by atoms with van der Waals surface area (Å²) in [7, 11) is 3.02. The predicted octanol–water partition coefficient (Wildman–Crippen LogP) is 7.89. The van der Waals surface area contributed by atoms with Crippen LogP contribution in [0, 0.1) is 11.8 Å². The van der Waals surface area contributed by atoms with Crippen molar-refractivity contribution >= 4 is 72.4 Å². The van der Waals surface area contributed by atoms with E-state index >= 15 is 0 Å². The quantitative estimate of drug-likeness (QED) is 0.0259. The van der Waals surface area contributed by atoms with Crippen molar-refractivity contribution in [2.45, 2.75) is 243 Å². The molecule has 12 atom stereocenters. The highest BCUT2D eigenvalue weighted by molar-refractivity contribution is 5.96. The molecule has 0 aliphatic carbocycles. The van der Waals surface area contributed by atoms with Crippen LogP contribution in [0.4, 0.5) is 9.59 Å². The van der Waals surface area contributed by atoms with Gasteiger partial charge in [-0.25, -0.2) is 9.59 Å². The highest BCUT2D eigenvalue weighted by Gasteiger charge is 2.50. The normalized spacial score (nSPS) is 21.6. The van der Waals surface area contributed by atoms with Gasteiger partial charge in [0.15, 0.2) is 0 Å². The number of carbonyl (C=O) groups excluding carboxylic acids is 8. The molecule has 28 heteroatoms. The van der Waals surface area contributed by atoms with E-state index in [9.17, 15) is 38.4 Å². The van der Waals surface area contributed by atoms with E-state index in [1.54, 1.807) is 74.6 Å². The Kier molecular flexibility index (Phi) is 29.3. The molecule has 102 heavy (non-hydrogen) atoms. The summed E-state index contributed by atoms with van der Waals surface area (Å²) in [6, 6.07) is 20.8. The van der Waals surface area contributed by atoms with Crippen molar-refractivity contribution in [3.63, 3.8) is 0 Å². The van der Waals surface area contributed by atoms with Crippen LogP contribution in [-0.4, -0.2) is 184 Å². The van der Waals surface area contributed by atoms with Crippen LogP contribution < -0.4 is 32.7 Å². The second kappa shape index (κ2) is 36.8. The van der Waals surface area contributed by atoms with E-state index < -0.39 is 83.5 Å². The molecular formula is C74H108Cl2N16O10. The molecule has 0 radical (unpaired) electrons. The smallest absolute Gasteiger partial charge is 0.410 e. The molecule has 4 saturated heterocycles. The fraction of sp³-hybridized carbons (Fsp3) is 0.595. The molecule has 6 heterocycles. The number of nitrogens with two attached hydrogens (primary N) is 2. The lowest BCUT2D eigenvalue weighted by Gasteiger charge is -2.34. The lowest BCUT2D eigenvalue weighted by molar-refractivity contribution is -0.144. The van der Waals surface area contributed by atoms with Crippen LogP contribution in [0.5, 0.6) is 0 Å². The van der Waals surface area contributed by atoms with E-state index in [-0.39, 0.29) is 98.3 Å². The molecule has 558 valence electrons. The summed E-state index contributed by atoms with van der Waals surface area (Å²) in [5.41, 5.74) is 16.2. The van der Waals surface area contributed by atoms with Crippen LogP contribution in [0.15, 0.2) is 97.3 Å². The number of nitrogens with zero attached hydrogens (tertiary/aromatic N) is 10. The Hall–Kier alpha value is -8.20. The highest BCUT2D eigenvalue weighted by Crippen LogP contribution is 2.37. The number of aromatic nitrogens is 6. The number of rotatable bonds is 28. The first-order chi connectivity index (χ1) is 47.8. The third-order valence-electron chi connectivity index (χ3n) is 20.0. The molecular weight excluding hydrogens is 1340 g/mol. The largest absolute Gasteiger partial charge is 0.444 e. The molecule has 4 aliphatic rings. The van der Waals surface area contributed by atoms with E-state index in [4.69, 9.17) is 20.9 Å². The third kappa shape index (κ3) is 20.6. The molecule has 9 rings (SSSR count). The van der Waals surface area contributed by atoms with E-state index in [1.165, 1.54) is 35.0 Å². The molecule has 0 saturated carbocycles. The molecule has 2 aromatic heterocycles. The number of halogens is 2. The van der Waals surface area contributed by atoms with Gasteiger partial charge >= 0.3 is 12.2 Å². The molecule has 5 aromatic rings. The van der Waals surface area contributed by atoms with Crippen molar-refractivity contribution in [2.75, 3.05) is 27.2 Å². The highest BCUT2D eigenvalue weighted by atomic mass is 35.5. The maximum absolute atomic E-state index is 14.7. The number of likely N-dealkylation sites (N-methyl/N-ethyl adjacent to an activating group) is 2. The van der Waals surface area contributed by atoms with Crippen molar-refractivity contribution in [3.8, 4) is 0 Å². The van der Waals surface area contributed by atoms with E-state index in [0.717, 1.165) is 49.7 Å². The summed E-state index contributed by atoms with van der Waals surface area (Å²) in [4.78, 5) is 118. The molecule has 0 bridgehead atoms. The summed E-state index contributed by atoms with van der Waals surface area (Å²) in [6.45, 7) is 15.6. The van der Waals surface area contributed by atoms with Gasteiger partial charge < -0.3 is 52.0 Å². The number of benzene rings is 3. The molecule has 4 fully saturated rings. The summed E-state index contributed by atoms with van der Waals surface area (Å²) >= 11 is 0. The Morgan fingerprint density at radius 3 is 1.22 bits per heavy atom. The number of hydrogen-bond acceptors (Lipinski definition) is 16. The molecule has 26 nitrogen and oxygen atoms in total. The number of nitrogens with one attached hydrogen (secondary N) is 4. The number of aryl methyl sites for hydroxylation is 4. The van der Waals surface area contributed by atoms with E-state index in [2.05, 4.69) is 66.2 Å². The average Bonchev–Trinajstić information content (AvgIpc) is 1.63. The summed E-state index contributed by atoms with van der Waals surface area (Å²) in [5.74, 6) is -3.11. The Morgan fingerprint density at radius 2 is 0.882 bits per heavy atom. The van der Waals surface area contributed by atoms with Gasteiger partial charge in [-0.2, -0.15) is 0 Å². The Labute approximate surface area is 612 Å². The maximum Gasteiger partial charge on any atom is 0.410 e. The van der Waals surface area contributed by atoms with Gasteiger partial charge in [0.2, 0.25) is 35.4 Å². The minimum atomic E-state index is -0.992. The number of unbranched alkanes of at least 4 members (excludes halogenated alkanes) is 2. The molecule has 4 aliphatic heterocycles. The fourth-order valence-corrected chi connectivity index (χ4v) is 14.6. The van der Waals surface area contributed by atoms with Gasteiger partial charge in [-0.3, -0.25) is 47.9 Å². The minimum absolute atomic E-state index is 0. The van der Waals surface area contributed by atoms with Crippen molar-refractivity contribution in [2.24, 2.45) is 23.3 Å². The first-order valence-electron chi connectivity index (χ1n) is 35.9. The van der Waals surface area contributed by atoms with Gasteiger partial charge in [-0.05, 0) is 180 Å². The van der Waals surface area contributed by atoms with E-state index in [1.807, 2.05) is 73.1 Å². The van der Waals surface area contributed by atoms with Crippen LogP contribution >= 0.6 is 24.8 Å². The predicted molar refractivity (Wildman–Crippen MR) is 391 cm³/mol. The lowest BCUT2D eigenvalue weighted by atomic mass is 9.93. The molecule has 3 aromatic carbocycles. The molecule has 0 unspecified atom stereocenters. The Bertz CT molecular complexity index is 3360. The van der Waals surface area contributed by atoms with Crippen molar-refractivity contribution < 1.29 is 47.8 Å². The topological polar surface area (TPSA) is 330 Å². The summed E-state index contributed by atoms with van der Waals surface area (Å²) < 4.78 is 14.7. The summed E-state index contributed by atoms with van der Waals surface area (Å²) in [5, 5.41) is 30.5. The van der Waals surface area contributed by atoms with Crippen LogP contribution in [0.2, 0.25) is 0 Å². The van der Waals surface area contributed by atoms with Gasteiger partial charge in [0.05, 0.1) is 24.5 Å². The number of carbonyl (C=O) groups is 8. The second-order valence-electron chi connectivity index (χ2n) is 29.4. The van der Waals surface area contributed by atoms with Crippen LogP contribution in [0.1, 0.15) is 191 Å². The van der Waals surface area contributed by atoms with E-state index in [0.29, 0.717) is 75.8 Å². The minimum Gasteiger partial charge on any atom is -0.444 e. The first-order valence-corrected chi connectivity index (χ1v) is 35.9. The molecule has 8 N–H and O–H groups in total. The standard InChI is InChI=1S/C74H106N16O10.2ClH/c1-11-57(85(9)71(97)99-73(3,4)5)65(91)79-63-51(43-75)33-35-53-37-39-59(89(53)69(63)95)67(93)77-61(49-25-15-13-16-26-49)55-45-87(83-81-55)41-21-19-23-47-29-31-48(32-30-47)24-20-22-42-88-46-56(82-84-88)62(50-27-17-14-18-28-50)78-68(94)60-40-38-54-36-34-52(44-76)64(70(96)90(54)60)80-66(92)58(12-2)86(10)72(98)100-74(6,7)8;;/h13-18,25-32,45-46,51-54,57-64H,11-12,19-24,33-44,75-76H2,1-10H3,(H,77,93)(H,78,94)(H,79,91)(H,80,92);2*1H/t51-,52-,53+,54+,57+,58+,59+,60+,61+,62+,63+,64+;;/m1../s1. The number of hydrogen-bond donors (Lipinski definition) is 6. The van der Waals surface area contributed by atoms with Gasteiger partial charge in [-0.1, -0.05) is 109 Å². The zero-order chi connectivity index (χ0) is 72.0. The first kappa shape index (κ1) is 81.1. The van der Waals surface area contributed by atoms with Gasteiger partial charge in [0.25, 0.3) is 0 Å². The zero-order valence-corrected chi connectivity index (χ0v) is 62.5. The summed E-state index contributed by atoms with van der Waals surface area (Å²) in [6.07, 6.45) is 12.8. The monoisotopic (exact) mass is 1450 g/mol. The van der Waals surface area contributed by atoms with Gasteiger partial charge in [0, 0.05) is 51.1 Å². The van der Waals surface area contributed by atoms with Crippen LogP contribution in [0.3, 0.4) is 0 Å². The second-order valence-corrected chi connectivity index (χ2v) is 29.4. The number of ether oxygens (including phenoxy) is 2. The molecule has 0 spiro atoms. The van der Waals surface area contributed by atoms with Crippen molar-refractivity contribution in [1.82, 2.24) is 70.9 Å². The third-order valence-corrected chi connectivity index (χ3v) is 20.0. The average molecular weight is 1450 g/mol. The Balaban J connectivity index is 0.00000729. The number of fused-ring (bicyclic) bond motifs is 2. The maximum atomic E-state index is 14.7. The van der Waals surface area contributed by atoms with Crippen LogP contribution in [-0.2, 0) is 64.2 Å². The number of amides is 8. The van der Waals surface area contributed by atoms with Gasteiger partial charge in [0.1, 0.15) is 58.8 Å². The Morgan fingerprint density at radius 1 is 0.529 bits per heavy atom. The van der Waals surface area contributed by atoms with Crippen molar-refractivity contribution in [3.05, 3.63) is 131 Å². The zero-order valence-electron chi connectivity index (χ0n) is 60.8. The lowest BCUT2D eigenvalue weighted by Crippen LogP contribution is -2.59. The van der Waals surface area contributed by atoms with Crippen molar-refractivity contribution in [1.29, 1.82) is 0 Å². The van der Waals surface area contributed by atoms with Crippen LogP contribution in [0.25, 0.3) is 0 Å². The fourth-order valence-electron chi connectivity index (χ4n) is 14.6.